The van der Waals surface area contributed by atoms with E-state index in [1.54, 1.807) is 5.57 Å². The number of allylic oxidation sites excluding steroid dienone is 8. The monoisotopic (exact) mass is 567 g/mol. The van der Waals surface area contributed by atoms with E-state index in [9.17, 15) is 0 Å². The molecule has 2 aliphatic rings. The van der Waals surface area contributed by atoms with Crippen molar-refractivity contribution in [2.45, 2.75) is 138 Å². The Morgan fingerprint density at radius 3 is 2.33 bits per heavy atom. The third-order valence-electron chi connectivity index (χ3n) is 9.95. The van der Waals surface area contributed by atoms with Gasteiger partial charge in [-0.15, -0.1) is 0 Å². The highest BCUT2D eigenvalue weighted by Crippen LogP contribution is 2.38. The van der Waals surface area contributed by atoms with E-state index in [1.807, 2.05) is 6.08 Å². The van der Waals surface area contributed by atoms with E-state index in [1.165, 1.54) is 85.8 Å². The lowest BCUT2D eigenvalue weighted by Gasteiger charge is -2.33. The maximum Gasteiger partial charge on any atom is 0.0650 e. The van der Waals surface area contributed by atoms with E-state index < -0.39 is 0 Å². The summed E-state index contributed by atoms with van der Waals surface area (Å²) in [6.45, 7) is 18.1. The first kappa shape index (κ1) is 34.1. The van der Waals surface area contributed by atoms with Gasteiger partial charge in [-0.3, -0.25) is 4.99 Å². The van der Waals surface area contributed by atoms with Crippen molar-refractivity contribution in [2.75, 3.05) is 0 Å². The molecule has 1 aromatic carbocycles. The summed E-state index contributed by atoms with van der Waals surface area (Å²) in [7, 11) is 0. The van der Waals surface area contributed by atoms with Crippen molar-refractivity contribution in [2.24, 2.45) is 22.2 Å². The van der Waals surface area contributed by atoms with Gasteiger partial charge in [-0.05, 0) is 123 Å². The average molecular weight is 568 g/mol. The number of rotatable bonds is 18. The zero-order valence-electron chi connectivity index (χ0n) is 28.1. The Labute approximate surface area is 260 Å². The van der Waals surface area contributed by atoms with Crippen LogP contribution in [0.2, 0.25) is 0 Å². The summed E-state index contributed by atoms with van der Waals surface area (Å²) in [5, 5.41) is 0. The fourth-order valence-electron chi connectivity index (χ4n) is 6.93. The molecular formula is C41H61N. The lowest BCUT2D eigenvalue weighted by molar-refractivity contribution is 0.235. The zero-order chi connectivity index (χ0) is 30.4. The van der Waals surface area contributed by atoms with E-state index in [0.717, 1.165) is 50.2 Å². The molecule has 0 spiro atoms. The van der Waals surface area contributed by atoms with Gasteiger partial charge in [0.2, 0.25) is 0 Å². The van der Waals surface area contributed by atoms with E-state index in [0.29, 0.717) is 11.3 Å². The van der Waals surface area contributed by atoms with Gasteiger partial charge >= 0.3 is 0 Å². The van der Waals surface area contributed by atoms with E-state index in [-0.39, 0.29) is 0 Å². The van der Waals surface area contributed by atoms with Crippen LogP contribution >= 0.6 is 0 Å². The minimum Gasteiger partial charge on any atom is -0.253 e. The summed E-state index contributed by atoms with van der Waals surface area (Å²) in [6.07, 6.45) is 29.9. The van der Waals surface area contributed by atoms with Gasteiger partial charge in [-0.1, -0.05) is 121 Å². The average Bonchev–Trinajstić information content (AvgIpc) is 2.99. The normalized spacial score (nSPS) is 18.6. The van der Waals surface area contributed by atoms with Crippen molar-refractivity contribution in [1.82, 2.24) is 0 Å². The van der Waals surface area contributed by atoms with Gasteiger partial charge in [0.15, 0.2) is 0 Å². The van der Waals surface area contributed by atoms with Crippen LogP contribution in [0.25, 0.3) is 0 Å². The molecule has 1 aromatic rings. The lowest BCUT2D eigenvalue weighted by atomic mass is 9.72. The molecule has 1 nitrogen and oxygen atoms in total. The van der Waals surface area contributed by atoms with Crippen LogP contribution < -0.4 is 0 Å². The molecule has 0 radical (unpaired) electrons. The second-order valence-corrected chi connectivity index (χ2v) is 13.7. The van der Waals surface area contributed by atoms with Gasteiger partial charge in [0.25, 0.3) is 0 Å². The predicted molar refractivity (Wildman–Crippen MR) is 187 cm³/mol. The first-order valence-electron chi connectivity index (χ1n) is 17.3. The third-order valence-corrected chi connectivity index (χ3v) is 9.95. The molecule has 0 amide bonds. The minimum atomic E-state index is 0.419. The molecule has 0 saturated heterocycles. The maximum absolute atomic E-state index is 5.05. The number of aliphatic imine (C=N–C) groups is 1. The Morgan fingerprint density at radius 1 is 1.02 bits per heavy atom. The number of benzene rings is 1. The van der Waals surface area contributed by atoms with Gasteiger partial charge < -0.3 is 0 Å². The molecule has 1 heteroatoms. The van der Waals surface area contributed by atoms with Gasteiger partial charge in [0.05, 0.1) is 5.70 Å². The molecule has 2 unspecified atom stereocenters. The Hall–Kier alpha value is -2.41. The number of hydrogen-bond donors (Lipinski definition) is 0. The van der Waals surface area contributed by atoms with Crippen molar-refractivity contribution >= 4 is 5.71 Å². The van der Waals surface area contributed by atoms with Crippen LogP contribution in [0.15, 0.2) is 88.6 Å². The standard InChI is InChI=1S/C41H61N/c1-8-30-41(6,7)38-28-26-36(27-29-38)31-33(9-2)17-12-13-18-34-22-24-35(25-23-34)19-15-21-39(11-4)42-40-32(5)16-14-20-37(40)10-3/h11,16,22-28,33,38H,4,8-10,12-15,17-21,29-31H2,1-3,5-7H3. The molecule has 0 aromatic heterocycles. The summed E-state index contributed by atoms with van der Waals surface area (Å²) >= 11 is 0. The second-order valence-electron chi connectivity index (χ2n) is 13.7. The van der Waals surface area contributed by atoms with Crippen LogP contribution in [0.4, 0.5) is 0 Å². The molecule has 2 atom stereocenters. The Bertz CT molecular complexity index is 1130. The van der Waals surface area contributed by atoms with E-state index in [2.05, 4.69) is 96.7 Å². The van der Waals surface area contributed by atoms with E-state index >= 15 is 0 Å². The molecule has 0 fully saturated rings. The highest BCUT2D eigenvalue weighted by atomic mass is 14.8. The molecule has 0 N–H and O–H groups in total. The molecule has 0 aliphatic heterocycles. The summed E-state index contributed by atoms with van der Waals surface area (Å²) in [5.74, 6) is 1.52. The molecule has 0 bridgehead atoms. The second kappa shape index (κ2) is 17.6. The van der Waals surface area contributed by atoms with Gasteiger partial charge in [0.1, 0.15) is 0 Å². The smallest absolute Gasteiger partial charge is 0.0650 e. The summed E-state index contributed by atoms with van der Waals surface area (Å²) in [5.41, 5.74) is 10.1. The number of hydrogen-bond acceptors (Lipinski definition) is 1. The molecule has 2 aliphatic carbocycles. The van der Waals surface area contributed by atoms with Crippen LogP contribution in [-0.4, -0.2) is 5.71 Å². The van der Waals surface area contributed by atoms with Crippen molar-refractivity contribution in [1.29, 1.82) is 0 Å². The molecular weight excluding hydrogens is 506 g/mol. The van der Waals surface area contributed by atoms with Crippen molar-refractivity contribution in [3.8, 4) is 0 Å². The van der Waals surface area contributed by atoms with Gasteiger partial charge in [0, 0.05) is 5.71 Å². The fraction of sp³-hybridized carbons (Fsp3) is 0.585. The predicted octanol–water partition coefficient (Wildman–Crippen LogP) is 12.5. The van der Waals surface area contributed by atoms with Crippen LogP contribution in [-0.2, 0) is 12.8 Å². The van der Waals surface area contributed by atoms with E-state index in [4.69, 9.17) is 4.99 Å². The third kappa shape index (κ3) is 10.7. The zero-order valence-corrected chi connectivity index (χ0v) is 28.1. The Morgan fingerprint density at radius 2 is 1.74 bits per heavy atom. The molecule has 3 rings (SSSR count). The number of unbranched alkanes of at least 4 members (excludes halogenated alkanes) is 1. The molecule has 0 heterocycles. The highest BCUT2D eigenvalue weighted by Gasteiger charge is 2.27. The van der Waals surface area contributed by atoms with Crippen LogP contribution in [0.5, 0.6) is 0 Å². The van der Waals surface area contributed by atoms with Crippen molar-refractivity contribution < 1.29 is 0 Å². The summed E-state index contributed by atoms with van der Waals surface area (Å²) in [4.78, 5) is 5.05. The maximum atomic E-state index is 5.05. The topological polar surface area (TPSA) is 12.4 Å². The van der Waals surface area contributed by atoms with Gasteiger partial charge in [-0.2, -0.15) is 0 Å². The Balaban J connectivity index is 1.37. The lowest BCUT2D eigenvalue weighted by Crippen LogP contribution is -2.23. The van der Waals surface area contributed by atoms with Crippen molar-refractivity contribution in [3.05, 3.63) is 94.8 Å². The molecule has 230 valence electrons. The highest BCUT2D eigenvalue weighted by molar-refractivity contribution is 5.95. The minimum absolute atomic E-state index is 0.419. The first-order valence-corrected chi connectivity index (χ1v) is 17.3. The van der Waals surface area contributed by atoms with Crippen LogP contribution in [0, 0.1) is 17.3 Å². The Kier molecular flexibility index (Phi) is 14.3. The SMILES string of the molecule is C=CC(CCCc1ccc(CCCCC(CC)CC2=CCC(C(C)(C)CCC)C=C2)cc1)=NC1=C(CC)CCC=C1C. The van der Waals surface area contributed by atoms with Crippen LogP contribution in [0.3, 0.4) is 0 Å². The fourth-order valence-corrected chi connectivity index (χ4v) is 6.93. The number of nitrogens with zero attached hydrogens (tertiary/aromatic N) is 1. The largest absolute Gasteiger partial charge is 0.253 e. The first-order chi connectivity index (χ1) is 20.3. The molecule has 0 saturated carbocycles. The molecule has 42 heavy (non-hydrogen) atoms. The quantitative estimate of drug-likeness (QED) is 0.124. The van der Waals surface area contributed by atoms with Gasteiger partial charge in [-0.25, -0.2) is 0 Å². The number of aryl methyl sites for hydroxylation is 2. The summed E-state index contributed by atoms with van der Waals surface area (Å²) < 4.78 is 0. The van der Waals surface area contributed by atoms with Crippen LogP contribution in [0.1, 0.15) is 136 Å². The van der Waals surface area contributed by atoms with Crippen molar-refractivity contribution in [3.63, 3.8) is 0 Å². The summed E-state index contributed by atoms with van der Waals surface area (Å²) in [6, 6.07) is 9.41.